The standard InChI is InChI=1S/C12H16N2O/c1-2-8-14-11(12(13)15)9-10-6-4-3-5-7-10/h2-7,11,14H,1,8-9H2,(H2,13,15). The maximum Gasteiger partial charge on any atom is 0.234 e. The van der Waals surface area contributed by atoms with Gasteiger partial charge in [-0.2, -0.15) is 0 Å². The lowest BCUT2D eigenvalue weighted by atomic mass is 10.1. The van der Waals surface area contributed by atoms with E-state index in [0.29, 0.717) is 13.0 Å². The van der Waals surface area contributed by atoms with Crippen LogP contribution in [-0.4, -0.2) is 18.5 Å². The van der Waals surface area contributed by atoms with Gasteiger partial charge in [-0.3, -0.25) is 4.79 Å². The maximum absolute atomic E-state index is 11.1. The summed E-state index contributed by atoms with van der Waals surface area (Å²) in [7, 11) is 0. The smallest absolute Gasteiger partial charge is 0.234 e. The van der Waals surface area contributed by atoms with Gasteiger partial charge in [0.15, 0.2) is 0 Å². The molecule has 0 saturated carbocycles. The quantitative estimate of drug-likeness (QED) is 0.675. The number of hydrogen-bond acceptors (Lipinski definition) is 2. The minimum absolute atomic E-state index is 0.328. The molecule has 0 bridgehead atoms. The van der Waals surface area contributed by atoms with E-state index < -0.39 is 0 Å². The van der Waals surface area contributed by atoms with Crippen molar-refractivity contribution < 1.29 is 4.79 Å². The minimum Gasteiger partial charge on any atom is -0.368 e. The Kier molecular flexibility index (Phi) is 4.57. The van der Waals surface area contributed by atoms with E-state index in [1.54, 1.807) is 6.08 Å². The number of benzene rings is 1. The lowest BCUT2D eigenvalue weighted by molar-refractivity contribution is -0.119. The fourth-order valence-electron chi connectivity index (χ4n) is 1.35. The number of carbonyl (C=O) groups excluding carboxylic acids is 1. The van der Waals surface area contributed by atoms with Crippen LogP contribution in [0, 0.1) is 0 Å². The molecular formula is C12H16N2O. The molecule has 3 N–H and O–H groups in total. The van der Waals surface area contributed by atoms with Crippen molar-refractivity contribution in [1.29, 1.82) is 0 Å². The van der Waals surface area contributed by atoms with E-state index in [9.17, 15) is 4.79 Å². The molecule has 1 atom stereocenters. The van der Waals surface area contributed by atoms with Crippen molar-refractivity contribution in [2.24, 2.45) is 5.73 Å². The third kappa shape index (κ3) is 3.95. The van der Waals surface area contributed by atoms with Crippen molar-refractivity contribution in [3.8, 4) is 0 Å². The van der Waals surface area contributed by atoms with Gasteiger partial charge < -0.3 is 11.1 Å². The predicted octanol–water partition coefficient (Wildman–Crippen LogP) is 0.859. The topological polar surface area (TPSA) is 55.1 Å². The molecular weight excluding hydrogens is 188 g/mol. The molecule has 0 aliphatic carbocycles. The Bertz CT molecular complexity index is 322. The Morgan fingerprint density at radius 3 is 2.67 bits per heavy atom. The summed E-state index contributed by atoms with van der Waals surface area (Å²) in [6.07, 6.45) is 2.32. The first-order valence-electron chi connectivity index (χ1n) is 4.91. The van der Waals surface area contributed by atoms with Crippen molar-refractivity contribution in [2.75, 3.05) is 6.54 Å². The van der Waals surface area contributed by atoms with Gasteiger partial charge in [0.2, 0.25) is 5.91 Å². The van der Waals surface area contributed by atoms with E-state index in [1.165, 1.54) is 0 Å². The second-order valence-corrected chi connectivity index (χ2v) is 3.34. The summed E-state index contributed by atoms with van der Waals surface area (Å²) in [6.45, 7) is 4.17. The van der Waals surface area contributed by atoms with E-state index in [2.05, 4.69) is 11.9 Å². The molecule has 0 aromatic heterocycles. The summed E-state index contributed by atoms with van der Waals surface area (Å²) < 4.78 is 0. The van der Waals surface area contributed by atoms with Crippen molar-refractivity contribution in [3.05, 3.63) is 48.6 Å². The highest BCUT2D eigenvalue weighted by Gasteiger charge is 2.13. The van der Waals surface area contributed by atoms with Crippen LogP contribution in [0.1, 0.15) is 5.56 Å². The summed E-state index contributed by atoms with van der Waals surface area (Å²) in [6, 6.07) is 9.46. The third-order valence-electron chi connectivity index (χ3n) is 2.13. The molecule has 15 heavy (non-hydrogen) atoms. The van der Waals surface area contributed by atoms with Gasteiger partial charge >= 0.3 is 0 Å². The minimum atomic E-state index is -0.333. The molecule has 0 fully saturated rings. The zero-order valence-electron chi connectivity index (χ0n) is 8.65. The Balaban J connectivity index is 2.58. The van der Waals surface area contributed by atoms with Crippen molar-refractivity contribution >= 4 is 5.91 Å². The Labute approximate surface area is 90.0 Å². The number of nitrogens with two attached hydrogens (primary N) is 1. The summed E-state index contributed by atoms with van der Waals surface area (Å²) in [5.74, 6) is -0.333. The molecule has 1 amide bonds. The lowest BCUT2D eigenvalue weighted by Gasteiger charge is -2.13. The normalized spacial score (nSPS) is 12.0. The van der Waals surface area contributed by atoms with Crippen molar-refractivity contribution in [3.63, 3.8) is 0 Å². The molecule has 0 saturated heterocycles. The summed E-state index contributed by atoms with van der Waals surface area (Å²) >= 11 is 0. The Morgan fingerprint density at radius 2 is 2.13 bits per heavy atom. The van der Waals surface area contributed by atoms with E-state index in [0.717, 1.165) is 5.56 Å². The molecule has 1 aromatic rings. The number of hydrogen-bond donors (Lipinski definition) is 2. The second kappa shape index (κ2) is 5.98. The zero-order valence-corrected chi connectivity index (χ0v) is 8.65. The molecule has 3 nitrogen and oxygen atoms in total. The summed E-state index contributed by atoms with van der Waals surface area (Å²) in [5.41, 5.74) is 6.38. The first-order chi connectivity index (χ1) is 7.24. The number of carbonyl (C=O) groups is 1. The van der Waals surface area contributed by atoms with Crippen LogP contribution in [-0.2, 0) is 11.2 Å². The molecule has 1 unspecified atom stereocenters. The Morgan fingerprint density at radius 1 is 1.47 bits per heavy atom. The van der Waals surface area contributed by atoms with Gasteiger partial charge in [-0.25, -0.2) is 0 Å². The molecule has 0 heterocycles. The SMILES string of the molecule is C=CCNC(Cc1ccccc1)C(N)=O. The monoisotopic (exact) mass is 204 g/mol. The average Bonchev–Trinajstić information content (AvgIpc) is 2.25. The number of amides is 1. The van der Waals surface area contributed by atoms with Gasteiger partial charge in [0.05, 0.1) is 6.04 Å². The molecule has 0 aliphatic rings. The van der Waals surface area contributed by atoms with Crippen LogP contribution in [0.3, 0.4) is 0 Å². The molecule has 1 aromatic carbocycles. The third-order valence-corrected chi connectivity index (χ3v) is 2.13. The molecule has 0 radical (unpaired) electrons. The lowest BCUT2D eigenvalue weighted by Crippen LogP contribution is -2.42. The van der Waals surface area contributed by atoms with Gasteiger partial charge in [-0.15, -0.1) is 6.58 Å². The Hall–Kier alpha value is -1.61. The molecule has 80 valence electrons. The van der Waals surface area contributed by atoms with Crippen molar-refractivity contribution in [1.82, 2.24) is 5.32 Å². The van der Waals surface area contributed by atoms with Gasteiger partial charge in [0.1, 0.15) is 0 Å². The second-order valence-electron chi connectivity index (χ2n) is 3.34. The highest BCUT2D eigenvalue weighted by atomic mass is 16.1. The fraction of sp³-hybridized carbons (Fsp3) is 0.250. The van der Waals surface area contributed by atoms with E-state index >= 15 is 0 Å². The number of primary amides is 1. The van der Waals surface area contributed by atoms with E-state index in [4.69, 9.17) is 5.73 Å². The van der Waals surface area contributed by atoms with Gasteiger partial charge in [0, 0.05) is 6.54 Å². The number of nitrogens with one attached hydrogen (secondary N) is 1. The summed E-state index contributed by atoms with van der Waals surface area (Å²) in [5, 5.41) is 3.02. The van der Waals surface area contributed by atoms with Crippen LogP contribution in [0.2, 0.25) is 0 Å². The van der Waals surface area contributed by atoms with E-state index in [-0.39, 0.29) is 11.9 Å². The van der Waals surface area contributed by atoms with Crippen LogP contribution in [0.25, 0.3) is 0 Å². The number of rotatable bonds is 6. The van der Waals surface area contributed by atoms with Crippen LogP contribution in [0.15, 0.2) is 43.0 Å². The summed E-state index contributed by atoms with van der Waals surface area (Å²) in [4.78, 5) is 11.1. The average molecular weight is 204 g/mol. The van der Waals surface area contributed by atoms with E-state index in [1.807, 2.05) is 30.3 Å². The fourth-order valence-corrected chi connectivity index (χ4v) is 1.35. The van der Waals surface area contributed by atoms with Crippen LogP contribution in [0.5, 0.6) is 0 Å². The molecule has 0 aliphatic heterocycles. The molecule has 0 spiro atoms. The van der Waals surface area contributed by atoms with Crippen LogP contribution < -0.4 is 11.1 Å². The zero-order chi connectivity index (χ0) is 11.1. The van der Waals surface area contributed by atoms with Crippen LogP contribution in [0.4, 0.5) is 0 Å². The van der Waals surface area contributed by atoms with Crippen LogP contribution >= 0.6 is 0 Å². The van der Waals surface area contributed by atoms with Crippen molar-refractivity contribution in [2.45, 2.75) is 12.5 Å². The largest absolute Gasteiger partial charge is 0.368 e. The highest BCUT2D eigenvalue weighted by Crippen LogP contribution is 2.02. The molecule has 1 rings (SSSR count). The van der Waals surface area contributed by atoms with Gasteiger partial charge in [0.25, 0.3) is 0 Å². The maximum atomic E-state index is 11.1. The predicted molar refractivity (Wildman–Crippen MR) is 61.3 cm³/mol. The first kappa shape index (κ1) is 11.5. The van der Waals surface area contributed by atoms with Gasteiger partial charge in [-0.05, 0) is 12.0 Å². The molecule has 3 heteroatoms. The van der Waals surface area contributed by atoms with Gasteiger partial charge in [-0.1, -0.05) is 36.4 Å². The first-order valence-corrected chi connectivity index (χ1v) is 4.91. The highest BCUT2D eigenvalue weighted by molar-refractivity contribution is 5.80.